The summed E-state index contributed by atoms with van der Waals surface area (Å²) in [7, 11) is -3.51. The molecule has 0 bridgehead atoms. The van der Waals surface area contributed by atoms with Gasteiger partial charge in [-0.05, 0) is 71.6 Å². The Morgan fingerprint density at radius 3 is 2.57 bits per heavy atom. The Hall–Kier alpha value is -1.75. The highest BCUT2D eigenvalue weighted by Gasteiger charge is 2.33. The van der Waals surface area contributed by atoms with Gasteiger partial charge in [0.25, 0.3) is 5.91 Å². The molecule has 1 atom stereocenters. The van der Waals surface area contributed by atoms with E-state index in [0.717, 1.165) is 16.6 Å². The number of benzene rings is 1. The molecule has 2 saturated heterocycles. The molecule has 4 rings (SSSR count). The third kappa shape index (κ3) is 4.18. The Bertz CT molecular complexity index is 1090. The summed E-state index contributed by atoms with van der Waals surface area (Å²) in [5.41, 5.74) is 1.26. The van der Waals surface area contributed by atoms with E-state index in [9.17, 15) is 18.0 Å². The van der Waals surface area contributed by atoms with Crippen molar-refractivity contribution < 1.29 is 18.0 Å². The normalized spacial score (nSPS) is 20.1. The molecule has 2 fully saturated rings. The van der Waals surface area contributed by atoms with Gasteiger partial charge >= 0.3 is 0 Å². The van der Waals surface area contributed by atoms with Crippen LogP contribution in [-0.4, -0.2) is 50.2 Å². The average molecular weight is 512 g/mol. The van der Waals surface area contributed by atoms with Crippen LogP contribution in [0.4, 0.5) is 5.69 Å². The predicted molar refractivity (Wildman–Crippen MR) is 119 cm³/mol. The fourth-order valence-electron chi connectivity index (χ4n) is 3.91. The number of carbonyl (C=O) groups is 2. The van der Waals surface area contributed by atoms with Crippen LogP contribution in [-0.2, 0) is 14.8 Å². The van der Waals surface area contributed by atoms with Gasteiger partial charge in [0.15, 0.2) is 0 Å². The first-order chi connectivity index (χ1) is 14.3. The van der Waals surface area contributed by atoms with Crippen molar-refractivity contribution in [2.45, 2.75) is 37.1 Å². The van der Waals surface area contributed by atoms with E-state index in [4.69, 9.17) is 0 Å². The Labute approximate surface area is 188 Å². The fourth-order valence-corrected chi connectivity index (χ4v) is 6.92. The molecule has 30 heavy (non-hydrogen) atoms. The molecule has 0 saturated carbocycles. The summed E-state index contributed by atoms with van der Waals surface area (Å²) in [6.07, 6.45) is 1.98. The number of nitrogens with zero attached hydrogens (tertiary/aromatic N) is 2. The van der Waals surface area contributed by atoms with Gasteiger partial charge in [0, 0.05) is 31.7 Å². The molecular formula is C20H22BrN3O4S2. The van der Waals surface area contributed by atoms with E-state index in [2.05, 4.69) is 21.2 Å². The molecule has 10 heteroatoms. The minimum absolute atomic E-state index is 0.0952. The molecule has 1 N–H and O–H groups in total. The van der Waals surface area contributed by atoms with E-state index < -0.39 is 10.0 Å². The lowest BCUT2D eigenvalue weighted by atomic mass is 10.2. The number of sulfonamides is 1. The minimum Gasteiger partial charge on any atom is -0.346 e. The first-order valence-corrected chi connectivity index (χ1v) is 12.8. The van der Waals surface area contributed by atoms with Crippen molar-refractivity contribution in [1.29, 1.82) is 0 Å². The Morgan fingerprint density at radius 2 is 1.93 bits per heavy atom. The third-order valence-corrected chi connectivity index (χ3v) is 9.09. The molecule has 2 aliphatic rings. The number of aryl methyl sites for hydroxylation is 1. The fraction of sp³-hybridized carbons (Fsp3) is 0.400. The SMILES string of the molecule is Cc1cc(N2CC(NC(=O)c3ccc(Br)s3)CC2=O)ccc1S(=O)(=O)N1CCCC1. The Kier molecular flexibility index (Phi) is 6.02. The van der Waals surface area contributed by atoms with Crippen molar-refractivity contribution in [3.05, 3.63) is 44.6 Å². The predicted octanol–water partition coefficient (Wildman–Crippen LogP) is 3.14. The van der Waals surface area contributed by atoms with E-state index in [1.54, 1.807) is 36.1 Å². The molecule has 0 aliphatic carbocycles. The quantitative estimate of drug-likeness (QED) is 0.667. The topological polar surface area (TPSA) is 86.8 Å². The van der Waals surface area contributed by atoms with Gasteiger partial charge in [0.2, 0.25) is 15.9 Å². The summed E-state index contributed by atoms with van der Waals surface area (Å²) in [6, 6.07) is 8.25. The molecule has 1 unspecified atom stereocenters. The summed E-state index contributed by atoms with van der Waals surface area (Å²) in [6.45, 7) is 3.21. The molecule has 160 valence electrons. The molecule has 2 aliphatic heterocycles. The number of carbonyl (C=O) groups excluding carboxylic acids is 2. The summed E-state index contributed by atoms with van der Waals surface area (Å²) >= 11 is 4.68. The van der Waals surface area contributed by atoms with Crippen LogP contribution in [0, 0.1) is 6.92 Å². The molecule has 2 aromatic rings. The number of nitrogens with one attached hydrogen (secondary N) is 1. The molecule has 1 aromatic heterocycles. The van der Waals surface area contributed by atoms with Crippen molar-refractivity contribution in [3.8, 4) is 0 Å². The van der Waals surface area contributed by atoms with Crippen molar-refractivity contribution in [3.63, 3.8) is 0 Å². The molecule has 1 aromatic carbocycles. The van der Waals surface area contributed by atoms with Crippen LogP contribution in [0.25, 0.3) is 0 Å². The summed E-state index contributed by atoms with van der Waals surface area (Å²) < 4.78 is 28.1. The zero-order valence-electron chi connectivity index (χ0n) is 16.4. The number of anilines is 1. The van der Waals surface area contributed by atoms with E-state index in [0.29, 0.717) is 35.8 Å². The minimum atomic E-state index is -3.51. The largest absolute Gasteiger partial charge is 0.346 e. The second-order valence-corrected chi connectivity index (χ2v) is 11.9. The van der Waals surface area contributed by atoms with Crippen LogP contribution >= 0.6 is 27.3 Å². The van der Waals surface area contributed by atoms with E-state index >= 15 is 0 Å². The zero-order valence-corrected chi connectivity index (χ0v) is 19.6. The van der Waals surface area contributed by atoms with Gasteiger partial charge in [0.05, 0.1) is 19.6 Å². The molecule has 0 radical (unpaired) electrons. The number of halogens is 1. The molecule has 2 amide bonds. The van der Waals surface area contributed by atoms with Crippen molar-refractivity contribution >= 4 is 54.8 Å². The van der Waals surface area contributed by atoms with Crippen LogP contribution in [0.5, 0.6) is 0 Å². The lowest BCUT2D eigenvalue weighted by Crippen LogP contribution is -2.36. The molecule has 0 spiro atoms. The summed E-state index contributed by atoms with van der Waals surface area (Å²) in [4.78, 5) is 27.4. The number of rotatable bonds is 5. The maximum atomic E-state index is 12.9. The van der Waals surface area contributed by atoms with Crippen LogP contribution in [0.1, 0.15) is 34.5 Å². The lowest BCUT2D eigenvalue weighted by Gasteiger charge is -2.21. The average Bonchev–Trinajstić information content (AvgIpc) is 3.43. The lowest BCUT2D eigenvalue weighted by molar-refractivity contribution is -0.117. The van der Waals surface area contributed by atoms with Gasteiger partial charge in [0.1, 0.15) is 0 Å². The van der Waals surface area contributed by atoms with Crippen molar-refractivity contribution in [2.75, 3.05) is 24.5 Å². The third-order valence-electron chi connectivity index (χ3n) is 5.41. The van der Waals surface area contributed by atoms with E-state index in [1.807, 2.05) is 6.07 Å². The number of amides is 2. The van der Waals surface area contributed by atoms with Gasteiger partial charge in [-0.2, -0.15) is 4.31 Å². The Morgan fingerprint density at radius 1 is 1.20 bits per heavy atom. The smallest absolute Gasteiger partial charge is 0.261 e. The maximum absolute atomic E-state index is 12.9. The monoisotopic (exact) mass is 511 g/mol. The van der Waals surface area contributed by atoms with Crippen LogP contribution in [0.3, 0.4) is 0 Å². The highest BCUT2D eigenvalue weighted by atomic mass is 79.9. The standard InChI is InChI=1S/C20H22BrN3O4S2/c1-13-10-15(4-6-17(13)30(27,28)23-8-2-3-9-23)24-12-14(11-19(24)25)22-20(26)16-5-7-18(21)29-16/h4-7,10,14H,2-3,8-9,11-12H2,1H3,(H,22,26). The molecular weight excluding hydrogens is 490 g/mol. The maximum Gasteiger partial charge on any atom is 0.261 e. The van der Waals surface area contributed by atoms with E-state index in [1.165, 1.54) is 15.6 Å². The second kappa shape index (κ2) is 8.41. The van der Waals surface area contributed by atoms with Crippen LogP contribution in [0.2, 0.25) is 0 Å². The van der Waals surface area contributed by atoms with Crippen molar-refractivity contribution in [1.82, 2.24) is 9.62 Å². The van der Waals surface area contributed by atoms with Crippen LogP contribution in [0.15, 0.2) is 39.0 Å². The first-order valence-electron chi connectivity index (χ1n) is 9.73. The molecule has 7 nitrogen and oxygen atoms in total. The molecule has 3 heterocycles. The zero-order chi connectivity index (χ0) is 21.5. The highest BCUT2D eigenvalue weighted by molar-refractivity contribution is 9.11. The van der Waals surface area contributed by atoms with Gasteiger partial charge in [-0.3, -0.25) is 9.59 Å². The Balaban J connectivity index is 1.48. The summed E-state index contributed by atoms with van der Waals surface area (Å²) in [5, 5.41) is 2.91. The van der Waals surface area contributed by atoms with E-state index in [-0.39, 0.29) is 29.2 Å². The van der Waals surface area contributed by atoms with Crippen LogP contribution < -0.4 is 10.2 Å². The summed E-state index contributed by atoms with van der Waals surface area (Å²) in [5.74, 6) is -0.296. The number of hydrogen-bond donors (Lipinski definition) is 1. The van der Waals surface area contributed by atoms with Gasteiger partial charge in [-0.25, -0.2) is 8.42 Å². The first kappa shape index (κ1) is 21.5. The number of hydrogen-bond acceptors (Lipinski definition) is 5. The van der Waals surface area contributed by atoms with Gasteiger partial charge in [-0.15, -0.1) is 11.3 Å². The van der Waals surface area contributed by atoms with Gasteiger partial charge in [-0.1, -0.05) is 0 Å². The van der Waals surface area contributed by atoms with Gasteiger partial charge < -0.3 is 10.2 Å². The van der Waals surface area contributed by atoms with Crippen molar-refractivity contribution in [2.24, 2.45) is 0 Å². The highest BCUT2D eigenvalue weighted by Crippen LogP contribution is 2.29. The second-order valence-electron chi connectivity index (χ2n) is 7.54. The number of thiophene rings is 1.